The minimum Gasteiger partial charge on any atom is -0.381 e. The van der Waals surface area contributed by atoms with Gasteiger partial charge in [0.2, 0.25) is 0 Å². The summed E-state index contributed by atoms with van der Waals surface area (Å²) in [6.07, 6.45) is -4.54. The summed E-state index contributed by atoms with van der Waals surface area (Å²) in [5.74, 6) is 0. The molecular weight excluding hydrogens is 245 g/mol. The van der Waals surface area contributed by atoms with Crippen molar-refractivity contribution >= 4 is 5.69 Å². The molecule has 18 heavy (non-hydrogen) atoms. The van der Waals surface area contributed by atoms with E-state index in [0.717, 1.165) is 12.1 Å². The lowest BCUT2D eigenvalue weighted by molar-refractivity contribution is -0.137. The van der Waals surface area contributed by atoms with Gasteiger partial charge in [-0.15, -0.1) is 0 Å². The van der Waals surface area contributed by atoms with Gasteiger partial charge in [0.15, 0.2) is 0 Å². The van der Waals surface area contributed by atoms with Crippen LogP contribution < -0.4 is 5.32 Å². The number of ether oxygens (including phenoxy) is 1. The highest BCUT2D eigenvalue weighted by atomic mass is 19.4. The van der Waals surface area contributed by atoms with Gasteiger partial charge in [0, 0.05) is 13.7 Å². The Labute approximate surface area is 103 Å². The number of hydrogen-bond donors (Lipinski definition) is 1. The van der Waals surface area contributed by atoms with Crippen LogP contribution in [0.1, 0.15) is 18.1 Å². The van der Waals surface area contributed by atoms with Gasteiger partial charge in [-0.3, -0.25) is 0 Å². The summed E-state index contributed by atoms with van der Waals surface area (Å²) < 4.78 is 42.4. The Bertz CT molecular complexity index is 452. The zero-order valence-electron chi connectivity index (χ0n) is 10.0. The third-order valence-corrected chi connectivity index (χ3v) is 2.45. The molecule has 0 aromatic heterocycles. The molecule has 0 amide bonds. The van der Waals surface area contributed by atoms with Crippen molar-refractivity contribution in [2.45, 2.75) is 19.2 Å². The van der Waals surface area contributed by atoms with E-state index in [0.29, 0.717) is 12.2 Å². The zero-order chi connectivity index (χ0) is 13.8. The summed E-state index contributed by atoms with van der Waals surface area (Å²) >= 11 is 0. The van der Waals surface area contributed by atoms with Gasteiger partial charge in [-0.05, 0) is 25.1 Å². The fraction of sp³-hybridized carbons (Fsp3) is 0.417. The van der Waals surface area contributed by atoms with E-state index in [4.69, 9.17) is 10.00 Å². The largest absolute Gasteiger partial charge is 0.416 e. The Morgan fingerprint density at radius 1 is 1.44 bits per heavy atom. The number of alkyl halides is 3. The van der Waals surface area contributed by atoms with Crippen LogP contribution in [-0.4, -0.2) is 19.8 Å². The van der Waals surface area contributed by atoms with Crippen molar-refractivity contribution in [2.75, 3.05) is 19.0 Å². The van der Waals surface area contributed by atoms with E-state index in [1.807, 2.05) is 6.92 Å². The molecule has 1 aromatic rings. The first kappa shape index (κ1) is 14.3. The van der Waals surface area contributed by atoms with Crippen molar-refractivity contribution < 1.29 is 17.9 Å². The lowest BCUT2D eigenvalue weighted by Crippen LogP contribution is -2.18. The summed E-state index contributed by atoms with van der Waals surface area (Å²) in [5.41, 5.74) is -0.494. The lowest BCUT2D eigenvalue weighted by Gasteiger charge is -2.14. The fourth-order valence-corrected chi connectivity index (χ4v) is 1.30. The van der Waals surface area contributed by atoms with Crippen molar-refractivity contribution in [1.29, 1.82) is 5.26 Å². The number of nitriles is 1. The van der Waals surface area contributed by atoms with Gasteiger partial charge in [0.05, 0.1) is 22.9 Å². The van der Waals surface area contributed by atoms with Crippen LogP contribution >= 0.6 is 0 Å². The molecule has 98 valence electrons. The Morgan fingerprint density at radius 2 is 2.11 bits per heavy atom. The summed E-state index contributed by atoms with van der Waals surface area (Å²) in [4.78, 5) is 0. The lowest BCUT2D eigenvalue weighted by atomic mass is 10.1. The van der Waals surface area contributed by atoms with Crippen LogP contribution in [0.5, 0.6) is 0 Å². The molecular formula is C12H13F3N2O. The first-order valence-corrected chi connectivity index (χ1v) is 5.26. The Balaban J connectivity index is 2.92. The monoisotopic (exact) mass is 258 g/mol. The van der Waals surface area contributed by atoms with Gasteiger partial charge in [-0.2, -0.15) is 18.4 Å². The van der Waals surface area contributed by atoms with Crippen LogP contribution in [0.15, 0.2) is 18.2 Å². The summed E-state index contributed by atoms with van der Waals surface area (Å²) in [6.45, 7) is 2.22. The highest BCUT2D eigenvalue weighted by molar-refractivity contribution is 5.59. The molecule has 3 nitrogen and oxygen atoms in total. The maximum atomic E-state index is 12.5. The average molecular weight is 258 g/mol. The summed E-state index contributed by atoms with van der Waals surface area (Å²) in [6, 6.07) is 4.78. The van der Waals surface area contributed by atoms with E-state index in [1.165, 1.54) is 13.2 Å². The van der Waals surface area contributed by atoms with Crippen molar-refractivity contribution in [1.82, 2.24) is 0 Å². The normalized spacial score (nSPS) is 12.9. The highest BCUT2D eigenvalue weighted by Gasteiger charge is 2.31. The molecule has 1 unspecified atom stereocenters. The number of benzene rings is 1. The van der Waals surface area contributed by atoms with E-state index in [1.54, 1.807) is 6.07 Å². The van der Waals surface area contributed by atoms with Crippen LogP contribution in [0, 0.1) is 11.3 Å². The fourth-order valence-electron chi connectivity index (χ4n) is 1.30. The zero-order valence-corrected chi connectivity index (χ0v) is 10.0. The molecule has 0 bridgehead atoms. The molecule has 1 atom stereocenters. The number of nitrogens with zero attached hydrogens (tertiary/aromatic N) is 1. The van der Waals surface area contributed by atoms with Crippen LogP contribution in [0.25, 0.3) is 0 Å². The van der Waals surface area contributed by atoms with E-state index < -0.39 is 11.7 Å². The molecule has 1 N–H and O–H groups in total. The molecule has 1 rings (SSSR count). The second-order valence-electron chi connectivity index (χ2n) is 3.80. The van der Waals surface area contributed by atoms with E-state index >= 15 is 0 Å². The third-order valence-electron chi connectivity index (χ3n) is 2.45. The van der Waals surface area contributed by atoms with Gasteiger partial charge < -0.3 is 10.1 Å². The molecule has 0 spiro atoms. The van der Waals surface area contributed by atoms with E-state index in [9.17, 15) is 13.2 Å². The van der Waals surface area contributed by atoms with Crippen LogP contribution in [0.3, 0.4) is 0 Å². The highest BCUT2D eigenvalue weighted by Crippen LogP contribution is 2.31. The number of anilines is 1. The SMILES string of the molecule is COC(C)CNc1ccc(C(F)(F)F)cc1C#N. The van der Waals surface area contributed by atoms with Crippen molar-refractivity contribution in [3.05, 3.63) is 29.3 Å². The quantitative estimate of drug-likeness (QED) is 0.902. The molecule has 0 aliphatic heterocycles. The van der Waals surface area contributed by atoms with E-state index in [2.05, 4.69) is 5.32 Å². The first-order chi connectivity index (χ1) is 8.38. The molecule has 1 aromatic carbocycles. The number of halogens is 3. The summed E-state index contributed by atoms with van der Waals surface area (Å²) in [7, 11) is 1.53. The van der Waals surface area contributed by atoms with Gasteiger partial charge in [0.1, 0.15) is 6.07 Å². The first-order valence-electron chi connectivity index (χ1n) is 5.26. The maximum absolute atomic E-state index is 12.5. The Kier molecular flexibility index (Phi) is 4.56. The number of methoxy groups -OCH3 is 1. The number of nitrogens with one attached hydrogen (secondary N) is 1. The molecule has 0 radical (unpaired) electrons. The molecule has 0 heterocycles. The van der Waals surface area contributed by atoms with Crippen LogP contribution in [0.2, 0.25) is 0 Å². The Morgan fingerprint density at radius 3 is 2.61 bits per heavy atom. The molecule has 6 heteroatoms. The third kappa shape index (κ3) is 3.64. The van der Waals surface area contributed by atoms with Crippen LogP contribution in [0.4, 0.5) is 18.9 Å². The second-order valence-corrected chi connectivity index (χ2v) is 3.80. The van der Waals surface area contributed by atoms with Gasteiger partial charge in [-0.25, -0.2) is 0 Å². The average Bonchev–Trinajstić information content (AvgIpc) is 2.34. The minimum absolute atomic E-state index is 0.0341. The smallest absolute Gasteiger partial charge is 0.381 e. The molecule has 0 saturated carbocycles. The van der Waals surface area contributed by atoms with Crippen molar-refractivity contribution in [3.8, 4) is 6.07 Å². The van der Waals surface area contributed by atoms with Gasteiger partial charge in [0.25, 0.3) is 0 Å². The minimum atomic E-state index is -4.44. The molecule has 0 aliphatic rings. The Hall–Kier alpha value is -1.74. The predicted octanol–water partition coefficient (Wildman–Crippen LogP) is 3.02. The number of rotatable bonds is 4. The molecule has 0 saturated heterocycles. The predicted molar refractivity (Wildman–Crippen MR) is 61.1 cm³/mol. The van der Waals surface area contributed by atoms with Gasteiger partial charge in [-0.1, -0.05) is 0 Å². The standard InChI is InChI=1S/C12H13F3N2O/c1-8(18-2)7-17-11-4-3-10(12(13,14)15)5-9(11)6-16/h3-5,8,17H,7H2,1-2H3. The second kappa shape index (κ2) is 5.74. The van der Waals surface area contributed by atoms with Crippen molar-refractivity contribution in [2.24, 2.45) is 0 Å². The molecule has 0 aliphatic carbocycles. The van der Waals surface area contributed by atoms with Gasteiger partial charge >= 0.3 is 6.18 Å². The molecule has 0 fully saturated rings. The van der Waals surface area contributed by atoms with Crippen molar-refractivity contribution in [3.63, 3.8) is 0 Å². The summed E-state index contributed by atoms with van der Waals surface area (Å²) in [5, 5.41) is 11.7. The van der Waals surface area contributed by atoms with Crippen LogP contribution in [-0.2, 0) is 10.9 Å². The topological polar surface area (TPSA) is 45.0 Å². The van der Waals surface area contributed by atoms with E-state index in [-0.39, 0.29) is 11.7 Å². The number of hydrogen-bond acceptors (Lipinski definition) is 3. The maximum Gasteiger partial charge on any atom is 0.416 e.